The Morgan fingerprint density at radius 1 is 1.25 bits per heavy atom. The van der Waals surface area contributed by atoms with E-state index in [4.69, 9.17) is 0 Å². The summed E-state index contributed by atoms with van der Waals surface area (Å²) < 4.78 is 1.69. The molecule has 3 fully saturated rings. The average molecular weight is 332 g/mol. The maximum Gasteiger partial charge on any atom is 0.272 e. The standard InChI is InChI=1S/C18H28N4O2/c1-4-6-14-10-16(20(3)19-14)18(24)21-11-13-7-8-15(12-21)22(9-5-2)17(13)23/h10,13,15H,4-9,11-12H2,1-3H3. The highest BCUT2D eigenvalue weighted by Gasteiger charge is 2.41. The highest BCUT2D eigenvalue weighted by Crippen LogP contribution is 2.30. The first kappa shape index (κ1) is 17.0. The number of hydrogen-bond acceptors (Lipinski definition) is 3. The molecule has 0 spiro atoms. The monoisotopic (exact) mass is 332 g/mol. The molecule has 3 aliphatic rings. The molecule has 24 heavy (non-hydrogen) atoms. The second-order valence-electron chi connectivity index (χ2n) is 7.06. The molecule has 132 valence electrons. The van der Waals surface area contributed by atoms with Gasteiger partial charge < -0.3 is 9.80 Å². The Labute approximate surface area is 143 Å². The van der Waals surface area contributed by atoms with E-state index in [1.165, 1.54) is 0 Å². The van der Waals surface area contributed by atoms with Crippen molar-refractivity contribution < 1.29 is 9.59 Å². The molecule has 3 aliphatic heterocycles. The summed E-state index contributed by atoms with van der Waals surface area (Å²) in [6.07, 6.45) is 4.77. The van der Waals surface area contributed by atoms with Gasteiger partial charge in [0.2, 0.25) is 5.91 Å². The van der Waals surface area contributed by atoms with Gasteiger partial charge in [0.1, 0.15) is 5.69 Å². The molecule has 1 aromatic rings. The van der Waals surface area contributed by atoms with Gasteiger partial charge in [-0.1, -0.05) is 20.3 Å². The van der Waals surface area contributed by atoms with Crippen molar-refractivity contribution in [2.24, 2.45) is 13.0 Å². The molecule has 4 heterocycles. The minimum atomic E-state index is -0.0393. The van der Waals surface area contributed by atoms with Crippen LogP contribution in [0.4, 0.5) is 0 Å². The zero-order valence-corrected chi connectivity index (χ0v) is 15.0. The molecule has 2 bridgehead atoms. The normalized spacial score (nSPS) is 23.7. The fourth-order valence-corrected chi connectivity index (χ4v) is 4.01. The Hall–Kier alpha value is -1.85. The van der Waals surface area contributed by atoms with E-state index in [1.807, 2.05) is 22.9 Å². The van der Waals surface area contributed by atoms with Crippen LogP contribution in [0.5, 0.6) is 0 Å². The van der Waals surface area contributed by atoms with Gasteiger partial charge >= 0.3 is 0 Å². The van der Waals surface area contributed by atoms with Crippen LogP contribution in [-0.4, -0.2) is 57.1 Å². The molecule has 3 saturated heterocycles. The van der Waals surface area contributed by atoms with E-state index in [0.29, 0.717) is 18.8 Å². The van der Waals surface area contributed by atoms with E-state index in [0.717, 1.165) is 44.3 Å². The van der Waals surface area contributed by atoms with Crippen molar-refractivity contribution in [3.8, 4) is 0 Å². The fourth-order valence-electron chi connectivity index (χ4n) is 4.01. The number of amides is 2. The average Bonchev–Trinajstić information content (AvgIpc) is 2.73. The fraction of sp³-hybridized carbons (Fsp3) is 0.722. The van der Waals surface area contributed by atoms with Gasteiger partial charge in [0.15, 0.2) is 0 Å². The lowest BCUT2D eigenvalue weighted by Crippen LogP contribution is -2.48. The molecule has 2 amide bonds. The van der Waals surface area contributed by atoms with E-state index < -0.39 is 0 Å². The number of carbonyl (C=O) groups excluding carboxylic acids is 2. The molecule has 2 atom stereocenters. The zero-order valence-electron chi connectivity index (χ0n) is 15.0. The Balaban J connectivity index is 1.80. The Kier molecular flexibility index (Phi) is 4.92. The van der Waals surface area contributed by atoms with Gasteiger partial charge in [-0.05, 0) is 31.7 Å². The van der Waals surface area contributed by atoms with Crippen LogP contribution in [0.1, 0.15) is 55.7 Å². The molecular weight excluding hydrogens is 304 g/mol. The third-order valence-electron chi connectivity index (χ3n) is 5.20. The molecule has 0 saturated carbocycles. The highest BCUT2D eigenvalue weighted by atomic mass is 16.2. The van der Waals surface area contributed by atoms with Gasteiger partial charge in [0, 0.05) is 32.7 Å². The predicted octanol–water partition coefficient (Wildman–Crippen LogP) is 1.85. The van der Waals surface area contributed by atoms with Gasteiger partial charge in [-0.2, -0.15) is 5.10 Å². The van der Waals surface area contributed by atoms with Gasteiger partial charge in [-0.25, -0.2) is 0 Å². The van der Waals surface area contributed by atoms with Crippen molar-refractivity contribution in [3.63, 3.8) is 0 Å². The first-order valence-corrected chi connectivity index (χ1v) is 9.17. The number of nitrogens with zero attached hydrogens (tertiary/aromatic N) is 4. The van der Waals surface area contributed by atoms with Crippen LogP contribution in [0.15, 0.2) is 6.07 Å². The van der Waals surface area contributed by atoms with Crippen LogP contribution in [-0.2, 0) is 18.3 Å². The Morgan fingerprint density at radius 2 is 2.04 bits per heavy atom. The van der Waals surface area contributed by atoms with Gasteiger partial charge in [0.25, 0.3) is 5.91 Å². The van der Waals surface area contributed by atoms with Crippen molar-refractivity contribution in [3.05, 3.63) is 17.5 Å². The molecule has 0 aromatic carbocycles. The molecule has 2 unspecified atom stereocenters. The summed E-state index contributed by atoms with van der Waals surface area (Å²) in [5.41, 5.74) is 1.60. The van der Waals surface area contributed by atoms with Gasteiger partial charge in [0.05, 0.1) is 11.6 Å². The van der Waals surface area contributed by atoms with Crippen molar-refractivity contribution in [2.75, 3.05) is 19.6 Å². The first-order chi connectivity index (χ1) is 11.5. The topological polar surface area (TPSA) is 58.4 Å². The van der Waals surface area contributed by atoms with Crippen LogP contribution in [0.3, 0.4) is 0 Å². The number of fused-ring (bicyclic) bond motifs is 4. The quantitative estimate of drug-likeness (QED) is 0.827. The lowest BCUT2D eigenvalue weighted by molar-refractivity contribution is -0.139. The SMILES string of the molecule is CCCc1cc(C(=O)N2CC3CCC(C2)N(CCC)C3=O)n(C)n1. The van der Waals surface area contributed by atoms with E-state index in [2.05, 4.69) is 18.9 Å². The number of hydrogen-bond donors (Lipinski definition) is 0. The van der Waals surface area contributed by atoms with Crippen molar-refractivity contribution in [1.82, 2.24) is 19.6 Å². The van der Waals surface area contributed by atoms with E-state index >= 15 is 0 Å². The summed E-state index contributed by atoms with van der Waals surface area (Å²) in [4.78, 5) is 29.5. The summed E-state index contributed by atoms with van der Waals surface area (Å²) in [5.74, 6) is 0.207. The third kappa shape index (κ3) is 3.06. The molecular formula is C18H28N4O2. The smallest absolute Gasteiger partial charge is 0.272 e. The van der Waals surface area contributed by atoms with Crippen LogP contribution >= 0.6 is 0 Å². The molecule has 6 nitrogen and oxygen atoms in total. The van der Waals surface area contributed by atoms with E-state index in [1.54, 1.807) is 4.68 Å². The second kappa shape index (κ2) is 6.95. The number of carbonyl (C=O) groups is 2. The van der Waals surface area contributed by atoms with Crippen molar-refractivity contribution in [1.29, 1.82) is 0 Å². The van der Waals surface area contributed by atoms with Gasteiger partial charge in [-0.15, -0.1) is 0 Å². The van der Waals surface area contributed by atoms with Crippen LogP contribution in [0, 0.1) is 5.92 Å². The first-order valence-electron chi connectivity index (χ1n) is 9.17. The minimum absolute atomic E-state index is 0.00963. The Morgan fingerprint density at radius 3 is 2.75 bits per heavy atom. The number of rotatable bonds is 5. The molecule has 0 aliphatic carbocycles. The summed E-state index contributed by atoms with van der Waals surface area (Å²) in [5, 5.41) is 4.44. The summed E-state index contributed by atoms with van der Waals surface area (Å²) in [7, 11) is 1.83. The molecule has 6 heteroatoms. The molecule has 1 aromatic heterocycles. The lowest BCUT2D eigenvalue weighted by atomic mass is 9.94. The van der Waals surface area contributed by atoms with Crippen LogP contribution < -0.4 is 0 Å². The summed E-state index contributed by atoms with van der Waals surface area (Å²) in [6.45, 7) is 6.20. The van der Waals surface area contributed by atoms with Gasteiger partial charge in [-0.3, -0.25) is 14.3 Å². The second-order valence-corrected chi connectivity index (χ2v) is 7.06. The number of piperidine rings is 1. The molecule has 0 radical (unpaired) electrons. The zero-order chi connectivity index (χ0) is 17.3. The van der Waals surface area contributed by atoms with Crippen molar-refractivity contribution >= 4 is 11.8 Å². The predicted molar refractivity (Wildman–Crippen MR) is 91.6 cm³/mol. The third-order valence-corrected chi connectivity index (χ3v) is 5.20. The van der Waals surface area contributed by atoms with Crippen molar-refractivity contribution in [2.45, 2.75) is 52.0 Å². The maximum absolute atomic E-state index is 13.0. The molecule has 4 rings (SSSR count). The Bertz CT molecular complexity index is 625. The lowest BCUT2D eigenvalue weighted by Gasteiger charge is -2.35. The van der Waals surface area contributed by atoms with Crippen LogP contribution in [0.25, 0.3) is 0 Å². The van der Waals surface area contributed by atoms with E-state index in [-0.39, 0.29) is 23.8 Å². The number of aromatic nitrogens is 2. The van der Waals surface area contributed by atoms with E-state index in [9.17, 15) is 9.59 Å². The summed E-state index contributed by atoms with van der Waals surface area (Å²) in [6, 6.07) is 2.08. The number of aryl methyl sites for hydroxylation is 2. The summed E-state index contributed by atoms with van der Waals surface area (Å²) >= 11 is 0. The van der Waals surface area contributed by atoms with Crippen LogP contribution in [0.2, 0.25) is 0 Å². The molecule has 0 N–H and O–H groups in total. The minimum Gasteiger partial charge on any atom is -0.338 e. The maximum atomic E-state index is 13.0. The largest absolute Gasteiger partial charge is 0.338 e. The highest BCUT2D eigenvalue weighted by molar-refractivity contribution is 5.93.